The molecule has 1 N–H and O–H groups in total. The van der Waals surface area contributed by atoms with Crippen molar-refractivity contribution in [2.75, 3.05) is 5.32 Å². The molecule has 0 radical (unpaired) electrons. The predicted molar refractivity (Wildman–Crippen MR) is 132 cm³/mol. The molecule has 2 aromatic carbocycles. The average Bonchev–Trinajstić information content (AvgIpc) is 3.42. The molecule has 0 spiro atoms. The molecule has 0 saturated heterocycles. The summed E-state index contributed by atoms with van der Waals surface area (Å²) in [4.78, 5) is 23.3. The Morgan fingerprint density at radius 2 is 1.89 bits per heavy atom. The molecule has 0 aliphatic heterocycles. The Bertz CT molecular complexity index is 1400. The number of benzene rings is 2. The number of halogens is 3. The second-order valence-electron chi connectivity index (χ2n) is 7.46. The molecular formula is C23H17Cl3N4O5. The van der Waals surface area contributed by atoms with Gasteiger partial charge in [-0.25, -0.2) is 0 Å². The summed E-state index contributed by atoms with van der Waals surface area (Å²) < 4.78 is 12.5. The lowest BCUT2D eigenvalue weighted by molar-refractivity contribution is -0.386. The number of nitrogens with one attached hydrogen (secondary N) is 1. The van der Waals surface area contributed by atoms with Crippen molar-refractivity contribution >= 4 is 52.2 Å². The van der Waals surface area contributed by atoms with Gasteiger partial charge in [-0.05, 0) is 42.8 Å². The molecule has 4 aromatic rings. The third kappa shape index (κ3) is 5.76. The lowest BCUT2D eigenvalue weighted by Crippen LogP contribution is -2.12. The van der Waals surface area contributed by atoms with E-state index in [2.05, 4.69) is 10.4 Å². The number of ether oxygens (including phenoxy) is 1. The number of amides is 1. The van der Waals surface area contributed by atoms with E-state index >= 15 is 0 Å². The number of carbonyl (C=O) groups excluding carboxylic acids is 1. The highest BCUT2D eigenvalue weighted by atomic mass is 35.5. The summed E-state index contributed by atoms with van der Waals surface area (Å²) in [5, 5.41) is 19.3. The quantitative estimate of drug-likeness (QED) is 0.203. The molecule has 4 rings (SSSR count). The largest absolute Gasteiger partial charge is 0.479 e. The van der Waals surface area contributed by atoms with Gasteiger partial charge in [0, 0.05) is 27.9 Å². The molecule has 2 heterocycles. The predicted octanol–water partition coefficient (Wildman–Crippen LogP) is 6.53. The highest BCUT2D eigenvalue weighted by molar-refractivity contribution is 6.36. The van der Waals surface area contributed by atoms with Crippen LogP contribution in [0.25, 0.3) is 0 Å². The van der Waals surface area contributed by atoms with Crippen molar-refractivity contribution in [1.82, 2.24) is 9.78 Å². The maximum atomic E-state index is 12.6. The lowest BCUT2D eigenvalue weighted by atomic mass is 10.2. The molecule has 0 fully saturated rings. The molecule has 180 valence electrons. The van der Waals surface area contributed by atoms with Crippen molar-refractivity contribution in [3.05, 3.63) is 103 Å². The average molecular weight is 536 g/mol. The van der Waals surface area contributed by atoms with Crippen molar-refractivity contribution in [1.29, 1.82) is 0 Å². The molecular weight excluding hydrogens is 519 g/mol. The maximum Gasteiger partial charge on any atom is 0.311 e. The van der Waals surface area contributed by atoms with Gasteiger partial charge in [-0.2, -0.15) is 5.10 Å². The van der Waals surface area contributed by atoms with Gasteiger partial charge in [0.15, 0.2) is 17.3 Å². The summed E-state index contributed by atoms with van der Waals surface area (Å²) in [5.74, 6) is -0.0689. The first-order valence-corrected chi connectivity index (χ1v) is 11.3. The number of nitro benzene ring substituents is 1. The second kappa shape index (κ2) is 10.4. The third-order valence-electron chi connectivity index (χ3n) is 4.90. The summed E-state index contributed by atoms with van der Waals surface area (Å²) in [6.45, 7) is 1.89. The van der Waals surface area contributed by atoms with Crippen molar-refractivity contribution in [3.8, 4) is 5.75 Å². The molecule has 0 saturated carbocycles. The zero-order chi connectivity index (χ0) is 25.1. The van der Waals surface area contributed by atoms with Crippen LogP contribution < -0.4 is 10.1 Å². The molecule has 12 heteroatoms. The van der Waals surface area contributed by atoms with Gasteiger partial charge in [-0.3, -0.25) is 19.6 Å². The molecule has 1 amide bonds. The smallest absolute Gasteiger partial charge is 0.311 e. The van der Waals surface area contributed by atoms with Crippen LogP contribution in [0.5, 0.6) is 5.75 Å². The van der Waals surface area contributed by atoms with Crippen LogP contribution in [0.3, 0.4) is 0 Å². The van der Waals surface area contributed by atoms with E-state index in [1.165, 1.54) is 35.1 Å². The summed E-state index contributed by atoms with van der Waals surface area (Å²) in [6.07, 6.45) is 1.53. The topological polar surface area (TPSA) is 112 Å². The fraction of sp³-hybridized carbons (Fsp3) is 0.130. The third-order valence-corrected chi connectivity index (χ3v) is 5.88. The molecule has 9 nitrogen and oxygen atoms in total. The molecule has 2 aromatic heterocycles. The first-order valence-electron chi connectivity index (χ1n) is 10.1. The van der Waals surface area contributed by atoms with E-state index in [1.807, 2.05) is 0 Å². The molecule has 0 aliphatic rings. The van der Waals surface area contributed by atoms with Crippen LogP contribution in [-0.2, 0) is 13.2 Å². The minimum absolute atomic E-state index is 0.0122. The number of anilines is 1. The van der Waals surface area contributed by atoms with Crippen LogP contribution in [0.15, 0.2) is 59.1 Å². The zero-order valence-corrected chi connectivity index (χ0v) is 20.4. The second-order valence-corrected chi connectivity index (χ2v) is 8.68. The van der Waals surface area contributed by atoms with Gasteiger partial charge >= 0.3 is 5.69 Å². The number of nitro groups is 1. The summed E-state index contributed by atoms with van der Waals surface area (Å²) >= 11 is 18.6. The Morgan fingerprint density at radius 1 is 1.14 bits per heavy atom. The van der Waals surface area contributed by atoms with E-state index in [0.29, 0.717) is 21.4 Å². The van der Waals surface area contributed by atoms with E-state index in [4.69, 9.17) is 44.0 Å². The highest BCUT2D eigenvalue weighted by Crippen LogP contribution is 2.29. The van der Waals surface area contributed by atoms with E-state index in [-0.39, 0.29) is 41.2 Å². The van der Waals surface area contributed by atoms with Crippen molar-refractivity contribution < 1.29 is 18.9 Å². The molecule has 0 atom stereocenters. The Labute approximate surface area is 214 Å². The zero-order valence-electron chi connectivity index (χ0n) is 18.1. The van der Waals surface area contributed by atoms with E-state index in [1.54, 1.807) is 31.2 Å². The van der Waals surface area contributed by atoms with Crippen LogP contribution in [0.1, 0.15) is 27.4 Å². The van der Waals surface area contributed by atoms with Gasteiger partial charge in [0.05, 0.1) is 11.5 Å². The Morgan fingerprint density at radius 3 is 2.60 bits per heavy atom. The highest BCUT2D eigenvalue weighted by Gasteiger charge is 2.19. The fourth-order valence-corrected chi connectivity index (χ4v) is 3.91. The number of aryl methyl sites for hydroxylation is 1. The molecule has 0 aliphatic carbocycles. The van der Waals surface area contributed by atoms with Crippen LogP contribution >= 0.6 is 34.8 Å². The molecule has 0 bridgehead atoms. The monoisotopic (exact) mass is 534 g/mol. The van der Waals surface area contributed by atoms with Gasteiger partial charge < -0.3 is 14.5 Å². The standard InChI is InChI=1S/C23H17Cl3N4O5/c1-13-5-7-20(19(9-13)30(32)33)34-12-14-6-8-21(35-14)23(31)27-22-18(26)11-29(28-22)10-15-16(24)3-2-4-17(15)25/h2-9,11H,10,12H2,1H3,(H,27,28,31). The number of rotatable bonds is 8. The Kier molecular flexibility index (Phi) is 7.30. The van der Waals surface area contributed by atoms with Gasteiger partial charge in [-0.1, -0.05) is 46.9 Å². The fourth-order valence-electron chi connectivity index (χ4n) is 3.20. The lowest BCUT2D eigenvalue weighted by Gasteiger charge is -2.07. The minimum Gasteiger partial charge on any atom is -0.479 e. The van der Waals surface area contributed by atoms with E-state index in [0.717, 1.165) is 5.56 Å². The van der Waals surface area contributed by atoms with Gasteiger partial charge in [0.1, 0.15) is 17.4 Å². The summed E-state index contributed by atoms with van der Waals surface area (Å²) in [7, 11) is 0. The number of nitrogens with zero attached hydrogens (tertiary/aromatic N) is 3. The maximum absolute atomic E-state index is 12.6. The first kappa shape index (κ1) is 24.6. The number of furan rings is 1. The minimum atomic E-state index is -0.583. The van der Waals surface area contributed by atoms with E-state index < -0.39 is 10.8 Å². The summed E-state index contributed by atoms with van der Waals surface area (Å²) in [6, 6.07) is 12.8. The number of hydrogen-bond acceptors (Lipinski definition) is 6. The SMILES string of the molecule is Cc1ccc(OCc2ccc(C(=O)Nc3nn(Cc4c(Cl)cccc4Cl)cc3Cl)o2)c([N+](=O)[O-])c1. The van der Waals surface area contributed by atoms with Crippen molar-refractivity contribution in [2.24, 2.45) is 0 Å². The number of carbonyl (C=O) groups is 1. The Hall–Kier alpha value is -3.53. The summed E-state index contributed by atoms with van der Waals surface area (Å²) in [5.41, 5.74) is 1.24. The normalized spacial score (nSPS) is 10.9. The van der Waals surface area contributed by atoms with Gasteiger partial charge in [0.25, 0.3) is 5.91 Å². The van der Waals surface area contributed by atoms with E-state index in [9.17, 15) is 14.9 Å². The van der Waals surface area contributed by atoms with Crippen LogP contribution in [0.2, 0.25) is 15.1 Å². The first-order chi connectivity index (χ1) is 16.7. The molecule has 0 unspecified atom stereocenters. The van der Waals surface area contributed by atoms with Crippen LogP contribution in [-0.4, -0.2) is 20.6 Å². The van der Waals surface area contributed by atoms with Crippen LogP contribution in [0, 0.1) is 17.0 Å². The number of hydrogen-bond donors (Lipinski definition) is 1. The van der Waals surface area contributed by atoms with Crippen molar-refractivity contribution in [3.63, 3.8) is 0 Å². The van der Waals surface area contributed by atoms with Crippen molar-refractivity contribution in [2.45, 2.75) is 20.1 Å². The van der Waals surface area contributed by atoms with Crippen LogP contribution in [0.4, 0.5) is 11.5 Å². The number of aromatic nitrogens is 2. The molecule has 35 heavy (non-hydrogen) atoms. The van der Waals surface area contributed by atoms with Gasteiger partial charge in [0.2, 0.25) is 0 Å². The Balaban J connectivity index is 1.41. The van der Waals surface area contributed by atoms with Gasteiger partial charge in [-0.15, -0.1) is 0 Å².